The van der Waals surface area contributed by atoms with E-state index in [1.54, 1.807) is 19.2 Å². The number of piperidine rings is 1. The molecule has 1 aliphatic rings. The predicted octanol–water partition coefficient (Wildman–Crippen LogP) is 3.69. The zero-order valence-electron chi connectivity index (χ0n) is 15.2. The molecule has 1 aromatic rings. The fourth-order valence-electron chi connectivity index (χ4n) is 3.18. The summed E-state index contributed by atoms with van der Waals surface area (Å²) in [7, 11) is 1.70. The molecule has 1 aliphatic heterocycles. The molecule has 1 N–H and O–H groups in total. The van der Waals surface area contributed by atoms with E-state index in [1.165, 1.54) is 12.6 Å². The van der Waals surface area contributed by atoms with Gasteiger partial charge in [0, 0.05) is 38.4 Å². The number of alkyl halides is 3. The van der Waals surface area contributed by atoms with E-state index in [1.807, 2.05) is 0 Å². The monoisotopic (exact) mass is 486 g/mol. The second-order valence-electron chi connectivity index (χ2n) is 6.62. The van der Waals surface area contributed by atoms with Gasteiger partial charge in [-0.2, -0.15) is 13.2 Å². The summed E-state index contributed by atoms with van der Waals surface area (Å²) in [5, 5.41) is 3.21. The molecule has 9 heteroatoms. The van der Waals surface area contributed by atoms with Gasteiger partial charge in [-0.1, -0.05) is 19.9 Å². The molecule has 0 radical (unpaired) electrons. The van der Waals surface area contributed by atoms with Gasteiger partial charge < -0.3 is 15.0 Å². The molecule has 5 nitrogen and oxygen atoms in total. The Bertz CT molecular complexity index is 588. The van der Waals surface area contributed by atoms with Crippen molar-refractivity contribution < 1.29 is 17.9 Å². The summed E-state index contributed by atoms with van der Waals surface area (Å²) < 4.78 is 41.9. The molecule has 148 valence electrons. The third-order valence-corrected chi connectivity index (χ3v) is 4.04. The van der Waals surface area contributed by atoms with Gasteiger partial charge in [-0.15, -0.1) is 24.0 Å². The molecule has 0 aliphatic carbocycles. The summed E-state index contributed by atoms with van der Waals surface area (Å²) in [6, 6.07) is 3.37. The maximum absolute atomic E-state index is 12.4. The van der Waals surface area contributed by atoms with Gasteiger partial charge in [0.15, 0.2) is 12.6 Å². The number of nitrogens with one attached hydrogen (secondary N) is 1. The van der Waals surface area contributed by atoms with Crippen molar-refractivity contribution in [3.63, 3.8) is 0 Å². The van der Waals surface area contributed by atoms with Crippen LogP contribution in [0, 0.1) is 11.8 Å². The molecule has 1 fully saturated rings. The lowest BCUT2D eigenvalue weighted by atomic mass is 9.92. The summed E-state index contributed by atoms with van der Waals surface area (Å²) in [4.78, 5) is 10.4. The Balaban J connectivity index is 0.00000338. The lowest BCUT2D eigenvalue weighted by molar-refractivity contribution is -0.154. The van der Waals surface area contributed by atoms with Crippen molar-refractivity contribution in [2.75, 3.05) is 26.7 Å². The third kappa shape index (κ3) is 7.16. The molecule has 1 saturated heterocycles. The number of halogens is 4. The van der Waals surface area contributed by atoms with Gasteiger partial charge in [0.2, 0.25) is 5.88 Å². The number of hydrogen-bond donors (Lipinski definition) is 1. The van der Waals surface area contributed by atoms with E-state index in [9.17, 15) is 13.2 Å². The zero-order chi connectivity index (χ0) is 18.4. The normalized spacial score (nSPS) is 21.2. The Morgan fingerprint density at radius 1 is 1.35 bits per heavy atom. The number of rotatable bonds is 4. The van der Waals surface area contributed by atoms with Crippen LogP contribution in [0.25, 0.3) is 0 Å². The average molecular weight is 486 g/mol. The molecule has 2 atom stereocenters. The van der Waals surface area contributed by atoms with Gasteiger partial charge >= 0.3 is 6.18 Å². The minimum absolute atomic E-state index is 0. The molecule has 2 unspecified atom stereocenters. The highest BCUT2D eigenvalue weighted by Crippen LogP contribution is 2.22. The van der Waals surface area contributed by atoms with E-state index in [0.717, 1.165) is 19.0 Å². The Morgan fingerprint density at radius 2 is 2.00 bits per heavy atom. The number of nitrogens with zero attached hydrogens (tertiary/aromatic N) is 3. The number of guanidine groups is 1. The topological polar surface area (TPSA) is 49.8 Å². The van der Waals surface area contributed by atoms with Gasteiger partial charge in [0.1, 0.15) is 0 Å². The molecule has 0 amide bonds. The smallest absolute Gasteiger partial charge is 0.422 e. The van der Waals surface area contributed by atoms with E-state index in [0.29, 0.717) is 23.9 Å². The quantitative estimate of drug-likeness (QED) is 0.401. The van der Waals surface area contributed by atoms with Crippen LogP contribution >= 0.6 is 24.0 Å². The van der Waals surface area contributed by atoms with Crippen molar-refractivity contribution in [2.45, 2.75) is 33.0 Å². The molecule has 0 saturated carbocycles. The number of likely N-dealkylation sites (tertiary alicyclic amines) is 1. The van der Waals surface area contributed by atoms with Crippen LogP contribution in [0.2, 0.25) is 0 Å². The summed E-state index contributed by atoms with van der Waals surface area (Å²) in [5.41, 5.74) is 0.561. The number of ether oxygens (including phenoxy) is 1. The van der Waals surface area contributed by atoms with Gasteiger partial charge in [-0.25, -0.2) is 4.98 Å². The van der Waals surface area contributed by atoms with Crippen LogP contribution in [0.15, 0.2) is 23.3 Å². The largest absolute Gasteiger partial charge is 0.468 e. The summed E-state index contributed by atoms with van der Waals surface area (Å²) in [6.07, 6.45) is -1.79. The van der Waals surface area contributed by atoms with E-state index in [-0.39, 0.29) is 29.9 Å². The molecular weight excluding hydrogens is 460 g/mol. The molecule has 0 bridgehead atoms. The highest BCUT2D eigenvalue weighted by atomic mass is 127. The Morgan fingerprint density at radius 3 is 2.58 bits per heavy atom. The molecule has 26 heavy (non-hydrogen) atoms. The SMILES string of the molecule is CN=C(NCc1cccnc1OCC(F)(F)F)N1CC(C)CC(C)C1.I. The Hall–Kier alpha value is -1.26. The van der Waals surface area contributed by atoms with E-state index < -0.39 is 12.8 Å². The van der Waals surface area contributed by atoms with Crippen LogP contribution in [-0.2, 0) is 6.54 Å². The molecule has 0 spiro atoms. The molecule has 1 aromatic heterocycles. The van der Waals surface area contributed by atoms with E-state index in [4.69, 9.17) is 4.74 Å². The van der Waals surface area contributed by atoms with Gasteiger partial charge in [-0.3, -0.25) is 4.99 Å². The Kier molecular flexibility index (Phi) is 8.91. The van der Waals surface area contributed by atoms with Crippen molar-refractivity contribution in [1.82, 2.24) is 15.2 Å². The number of aliphatic imine (C=N–C) groups is 1. The summed E-state index contributed by atoms with van der Waals surface area (Å²) >= 11 is 0. The van der Waals surface area contributed by atoms with Crippen LogP contribution in [-0.4, -0.2) is 48.8 Å². The standard InChI is InChI=1S/C17H25F3N4O.HI/c1-12-7-13(2)10-24(9-12)16(21-3)23-8-14-5-4-6-22-15(14)25-11-17(18,19)20;/h4-6,12-13H,7-11H2,1-3H3,(H,21,23);1H. The second-order valence-corrected chi connectivity index (χ2v) is 6.62. The van der Waals surface area contributed by atoms with Gasteiger partial charge in [0.05, 0.1) is 0 Å². The molecule has 2 rings (SSSR count). The first-order chi connectivity index (χ1) is 11.8. The Labute approximate surface area is 169 Å². The number of hydrogen-bond acceptors (Lipinski definition) is 3. The average Bonchev–Trinajstić information content (AvgIpc) is 2.53. The fraction of sp³-hybridized carbons (Fsp3) is 0.647. The fourth-order valence-corrected chi connectivity index (χ4v) is 3.18. The lowest BCUT2D eigenvalue weighted by Crippen LogP contribution is -2.48. The van der Waals surface area contributed by atoms with Crippen molar-refractivity contribution in [3.8, 4) is 5.88 Å². The number of aromatic nitrogens is 1. The highest BCUT2D eigenvalue weighted by Gasteiger charge is 2.29. The molecular formula is C17H26F3IN4O. The van der Waals surface area contributed by atoms with Gasteiger partial charge in [-0.05, 0) is 24.3 Å². The summed E-state index contributed by atoms with van der Waals surface area (Å²) in [6.45, 7) is 5.18. The maximum Gasteiger partial charge on any atom is 0.422 e. The van der Waals surface area contributed by atoms with Crippen LogP contribution in [0.3, 0.4) is 0 Å². The van der Waals surface area contributed by atoms with Crippen molar-refractivity contribution in [3.05, 3.63) is 23.9 Å². The lowest BCUT2D eigenvalue weighted by Gasteiger charge is -2.37. The highest BCUT2D eigenvalue weighted by molar-refractivity contribution is 14.0. The summed E-state index contributed by atoms with van der Waals surface area (Å²) in [5.74, 6) is 1.88. The predicted molar refractivity (Wildman–Crippen MR) is 106 cm³/mol. The first-order valence-electron chi connectivity index (χ1n) is 8.37. The molecule has 0 aromatic carbocycles. The van der Waals surface area contributed by atoms with Crippen LogP contribution in [0.4, 0.5) is 13.2 Å². The first-order valence-corrected chi connectivity index (χ1v) is 8.37. The minimum atomic E-state index is -4.39. The first kappa shape index (κ1) is 22.8. The van der Waals surface area contributed by atoms with Gasteiger partial charge in [0.25, 0.3) is 0 Å². The van der Waals surface area contributed by atoms with E-state index >= 15 is 0 Å². The van der Waals surface area contributed by atoms with Crippen molar-refractivity contribution >= 4 is 29.9 Å². The molecule has 2 heterocycles. The maximum atomic E-state index is 12.4. The third-order valence-electron chi connectivity index (χ3n) is 4.04. The second kappa shape index (κ2) is 10.2. The minimum Gasteiger partial charge on any atom is -0.468 e. The number of pyridine rings is 1. The van der Waals surface area contributed by atoms with Crippen molar-refractivity contribution in [1.29, 1.82) is 0 Å². The van der Waals surface area contributed by atoms with Crippen LogP contribution in [0.1, 0.15) is 25.8 Å². The van der Waals surface area contributed by atoms with Crippen LogP contribution in [0.5, 0.6) is 5.88 Å². The zero-order valence-corrected chi connectivity index (χ0v) is 17.5. The van der Waals surface area contributed by atoms with Crippen LogP contribution < -0.4 is 10.1 Å². The van der Waals surface area contributed by atoms with E-state index in [2.05, 4.69) is 34.0 Å². The van der Waals surface area contributed by atoms with Crippen molar-refractivity contribution in [2.24, 2.45) is 16.8 Å².